The van der Waals surface area contributed by atoms with Crippen LogP contribution in [-0.4, -0.2) is 11.9 Å². The van der Waals surface area contributed by atoms with E-state index < -0.39 is 11.7 Å². The molecule has 0 bridgehead atoms. The number of halogens is 3. The first-order valence-corrected chi connectivity index (χ1v) is 6.99. The number of hydrogen-bond donors (Lipinski definition) is 2. The van der Waals surface area contributed by atoms with E-state index in [9.17, 15) is 18.0 Å². The maximum atomic E-state index is 12.5. The summed E-state index contributed by atoms with van der Waals surface area (Å²) >= 11 is 0. The van der Waals surface area contributed by atoms with E-state index >= 15 is 0 Å². The second kappa shape index (κ2) is 6.05. The third kappa shape index (κ3) is 4.46. The third-order valence-electron chi connectivity index (χ3n) is 3.76. The average Bonchev–Trinajstić information content (AvgIpc) is 3.21. The molecule has 1 aromatic carbocycles. The molecule has 21 heavy (non-hydrogen) atoms. The van der Waals surface area contributed by atoms with Gasteiger partial charge in [0.05, 0.1) is 11.6 Å². The highest BCUT2D eigenvalue weighted by Crippen LogP contribution is 2.33. The summed E-state index contributed by atoms with van der Waals surface area (Å²) in [5, 5.41) is 2.77. The van der Waals surface area contributed by atoms with Gasteiger partial charge in [0.25, 0.3) is 0 Å². The van der Waals surface area contributed by atoms with Gasteiger partial charge in [-0.15, -0.1) is 0 Å². The van der Waals surface area contributed by atoms with E-state index in [1.165, 1.54) is 12.1 Å². The summed E-state index contributed by atoms with van der Waals surface area (Å²) in [6.45, 7) is 1.74. The van der Waals surface area contributed by atoms with Crippen LogP contribution < -0.4 is 11.1 Å². The van der Waals surface area contributed by atoms with Crippen molar-refractivity contribution in [2.24, 2.45) is 11.7 Å². The molecular weight excluding hydrogens is 281 g/mol. The number of carbonyl (C=O) groups excluding carboxylic acids is 1. The number of amides is 1. The molecule has 2 atom stereocenters. The fourth-order valence-corrected chi connectivity index (χ4v) is 2.25. The Morgan fingerprint density at radius 1 is 1.33 bits per heavy atom. The Bertz CT molecular complexity index is 495. The number of hydrogen-bond acceptors (Lipinski definition) is 2. The fraction of sp³-hybridized carbons (Fsp3) is 0.533. The smallest absolute Gasteiger partial charge is 0.350 e. The lowest BCUT2D eigenvalue weighted by molar-refractivity contribution is -0.137. The lowest BCUT2D eigenvalue weighted by Crippen LogP contribution is -2.34. The lowest BCUT2D eigenvalue weighted by Gasteiger charge is -2.17. The van der Waals surface area contributed by atoms with Crippen LogP contribution in [0.5, 0.6) is 0 Å². The van der Waals surface area contributed by atoms with Crippen LogP contribution in [0.3, 0.4) is 0 Å². The Morgan fingerprint density at radius 3 is 2.38 bits per heavy atom. The van der Waals surface area contributed by atoms with Crippen LogP contribution >= 0.6 is 0 Å². The van der Waals surface area contributed by atoms with Crippen molar-refractivity contribution in [3.05, 3.63) is 35.4 Å². The van der Waals surface area contributed by atoms with Gasteiger partial charge in [0, 0.05) is 12.5 Å². The Hall–Kier alpha value is -1.56. The maximum absolute atomic E-state index is 12.5. The van der Waals surface area contributed by atoms with Crippen LogP contribution in [0.25, 0.3) is 0 Å². The van der Waals surface area contributed by atoms with E-state index in [-0.39, 0.29) is 24.4 Å². The molecule has 3 nitrogen and oxygen atoms in total. The van der Waals surface area contributed by atoms with Gasteiger partial charge in [0.15, 0.2) is 0 Å². The quantitative estimate of drug-likeness (QED) is 0.878. The van der Waals surface area contributed by atoms with Crippen molar-refractivity contribution in [3.8, 4) is 0 Å². The van der Waals surface area contributed by atoms with Gasteiger partial charge in [-0.05, 0) is 43.4 Å². The molecule has 1 fully saturated rings. The average molecular weight is 300 g/mol. The van der Waals surface area contributed by atoms with Crippen LogP contribution in [0.15, 0.2) is 24.3 Å². The van der Waals surface area contributed by atoms with E-state index in [0.29, 0.717) is 11.5 Å². The van der Waals surface area contributed by atoms with Gasteiger partial charge >= 0.3 is 6.18 Å². The Kier molecular flexibility index (Phi) is 4.56. The number of nitrogens with one attached hydrogen (secondary N) is 1. The predicted octanol–water partition coefficient (Wildman–Crippen LogP) is 3.01. The molecule has 0 radical (unpaired) electrons. The molecule has 1 amide bonds. The molecular formula is C15H19F3N2O. The highest BCUT2D eigenvalue weighted by molar-refractivity contribution is 5.77. The maximum Gasteiger partial charge on any atom is 0.416 e. The van der Waals surface area contributed by atoms with E-state index in [4.69, 9.17) is 5.73 Å². The number of carbonyl (C=O) groups is 1. The zero-order valence-corrected chi connectivity index (χ0v) is 11.8. The molecule has 1 saturated carbocycles. The minimum absolute atomic E-state index is 0.121. The molecule has 2 unspecified atom stereocenters. The summed E-state index contributed by atoms with van der Waals surface area (Å²) in [6, 6.07) is 4.35. The van der Waals surface area contributed by atoms with Gasteiger partial charge in [-0.1, -0.05) is 12.1 Å². The summed E-state index contributed by atoms with van der Waals surface area (Å²) < 4.78 is 37.4. The number of alkyl halides is 3. The van der Waals surface area contributed by atoms with Crippen molar-refractivity contribution in [2.45, 2.75) is 44.4 Å². The molecule has 0 aliphatic heterocycles. The first-order valence-electron chi connectivity index (χ1n) is 6.99. The van der Waals surface area contributed by atoms with Crippen LogP contribution in [0.2, 0.25) is 0 Å². The van der Waals surface area contributed by atoms with Gasteiger partial charge in [0.1, 0.15) is 0 Å². The summed E-state index contributed by atoms with van der Waals surface area (Å²) in [4.78, 5) is 11.8. The molecule has 1 aliphatic carbocycles. The second-order valence-corrected chi connectivity index (χ2v) is 5.61. The number of nitrogens with two attached hydrogens (primary N) is 1. The Labute approximate surface area is 121 Å². The van der Waals surface area contributed by atoms with Crippen molar-refractivity contribution in [1.29, 1.82) is 0 Å². The zero-order valence-electron chi connectivity index (χ0n) is 11.8. The lowest BCUT2D eigenvalue weighted by atomic mass is 10.0. The van der Waals surface area contributed by atoms with Crippen molar-refractivity contribution >= 4 is 5.91 Å². The van der Waals surface area contributed by atoms with Crippen molar-refractivity contribution in [3.63, 3.8) is 0 Å². The normalized spacial score (nSPS) is 18.1. The molecule has 116 valence electrons. The topological polar surface area (TPSA) is 55.1 Å². The van der Waals surface area contributed by atoms with Gasteiger partial charge in [0.2, 0.25) is 5.91 Å². The Morgan fingerprint density at radius 2 is 1.90 bits per heavy atom. The minimum Gasteiger partial charge on any atom is -0.350 e. The molecule has 0 saturated heterocycles. The highest BCUT2D eigenvalue weighted by Gasteiger charge is 2.31. The molecule has 2 rings (SSSR count). The molecule has 0 heterocycles. The molecule has 3 N–H and O–H groups in total. The highest BCUT2D eigenvalue weighted by atomic mass is 19.4. The Balaban J connectivity index is 1.90. The van der Waals surface area contributed by atoms with E-state index in [1.807, 2.05) is 0 Å². The molecule has 1 aliphatic rings. The summed E-state index contributed by atoms with van der Waals surface area (Å²) in [5.74, 6) is 0.277. The van der Waals surface area contributed by atoms with Crippen molar-refractivity contribution in [2.75, 3.05) is 0 Å². The van der Waals surface area contributed by atoms with Crippen molar-refractivity contribution in [1.82, 2.24) is 5.32 Å². The SMILES string of the molecule is CC(NC(=O)CC(N)C1CC1)c1ccc(C(F)(F)F)cc1. The zero-order chi connectivity index (χ0) is 15.6. The van der Waals surface area contributed by atoms with Crippen molar-refractivity contribution < 1.29 is 18.0 Å². The van der Waals surface area contributed by atoms with Gasteiger partial charge in [-0.2, -0.15) is 13.2 Å². The molecule has 0 aromatic heterocycles. The van der Waals surface area contributed by atoms with Crippen LogP contribution in [0.4, 0.5) is 13.2 Å². The summed E-state index contributed by atoms with van der Waals surface area (Å²) in [6.07, 6.45) is -1.94. The summed E-state index contributed by atoms with van der Waals surface area (Å²) in [5.41, 5.74) is 5.82. The van der Waals surface area contributed by atoms with E-state index in [0.717, 1.165) is 25.0 Å². The largest absolute Gasteiger partial charge is 0.416 e. The van der Waals surface area contributed by atoms with E-state index in [1.54, 1.807) is 6.92 Å². The standard InChI is InChI=1S/C15H19F3N2O/c1-9(20-14(21)8-13(19)11-2-3-11)10-4-6-12(7-5-10)15(16,17)18/h4-7,9,11,13H,2-3,8,19H2,1H3,(H,20,21). The van der Waals surface area contributed by atoms with Crippen LogP contribution in [0, 0.1) is 5.92 Å². The molecule has 0 spiro atoms. The van der Waals surface area contributed by atoms with Gasteiger partial charge in [-0.25, -0.2) is 0 Å². The monoisotopic (exact) mass is 300 g/mol. The predicted molar refractivity (Wildman–Crippen MR) is 73.3 cm³/mol. The minimum atomic E-state index is -4.35. The van der Waals surface area contributed by atoms with Crippen LogP contribution in [-0.2, 0) is 11.0 Å². The van der Waals surface area contributed by atoms with E-state index in [2.05, 4.69) is 5.32 Å². The summed E-state index contributed by atoms with van der Waals surface area (Å²) in [7, 11) is 0. The van der Waals surface area contributed by atoms with Crippen LogP contribution in [0.1, 0.15) is 43.4 Å². The number of benzene rings is 1. The third-order valence-corrected chi connectivity index (χ3v) is 3.76. The molecule has 6 heteroatoms. The number of rotatable bonds is 5. The first kappa shape index (κ1) is 15.8. The second-order valence-electron chi connectivity index (χ2n) is 5.61. The van der Waals surface area contributed by atoms with Gasteiger partial charge in [-0.3, -0.25) is 4.79 Å². The molecule has 1 aromatic rings. The fourth-order valence-electron chi connectivity index (χ4n) is 2.25. The van der Waals surface area contributed by atoms with Gasteiger partial charge < -0.3 is 11.1 Å². The first-order chi connectivity index (χ1) is 9.77.